The zero-order valence-electron chi connectivity index (χ0n) is 9.58. The van der Waals surface area contributed by atoms with E-state index in [-0.39, 0.29) is 0 Å². The van der Waals surface area contributed by atoms with E-state index in [1.807, 2.05) is 24.3 Å². The van der Waals surface area contributed by atoms with Gasteiger partial charge in [0.05, 0.1) is 5.69 Å². The van der Waals surface area contributed by atoms with Crippen LogP contribution in [0, 0.1) is 0 Å². The van der Waals surface area contributed by atoms with Crippen molar-refractivity contribution in [3.8, 4) is 11.3 Å². The van der Waals surface area contributed by atoms with Gasteiger partial charge in [-0.3, -0.25) is 0 Å². The Bertz CT molecular complexity index is 681. The monoisotopic (exact) mass is 257 g/mol. The lowest BCUT2D eigenvalue weighted by Gasteiger charge is -2.02. The molecule has 2 aromatic heterocycles. The second-order valence-electron chi connectivity index (χ2n) is 3.87. The van der Waals surface area contributed by atoms with Gasteiger partial charge in [0.25, 0.3) is 0 Å². The van der Waals surface area contributed by atoms with Crippen LogP contribution in [0.2, 0.25) is 0 Å². The Morgan fingerprint density at radius 3 is 3.00 bits per heavy atom. The average molecular weight is 257 g/mol. The van der Waals surface area contributed by atoms with E-state index in [1.54, 1.807) is 6.20 Å². The van der Waals surface area contributed by atoms with Crippen molar-refractivity contribution in [2.24, 2.45) is 0 Å². The molecule has 0 amide bonds. The molecule has 0 aliphatic heterocycles. The van der Waals surface area contributed by atoms with Crippen LogP contribution < -0.4 is 0 Å². The highest BCUT2D eigenvalue weighted by Gasteiger charge is 2.05. The molecule has 3 aromatic rings. The number of benzene rings is 1. The van der Waals surface area contributed by atoms with Crippen LogP contribution in [0.4, 0.5) is 0 Å². The number of hydrogen-bond donors (Lipinski definition) is 1. The minimum absolute atomic E-state index is 0.741. The molecule has 4 nitrogen and oxygen atoms in total. The standard InChI is InChI=1S/C13H11N3OS/c18-6-4-13-14-5-3-10(16-13)9-1-2-11-12(7-9)17-8-15-11/h1-3,5,7-8,18H,4,6H2. The predicted octanol–water partition coefficient (Wildman–Crippen LogP) is 2.76. The Morgan fingerprint density at radius 1 is 1.17 bits per heavy atom. The molecule has 5 heteroatoms. The largest absolute Gasteiger partial charge is 0.443 e. The number of aromatic nitrogens is 3. The van der Waals surface area contributed by atoms with Gasteiger partial charge in [-0.1, -0.05) is 6.07 Å². The van der Waals surface area contributed by atoms with Crippen molar-refractivity contribution in [3.05, 3.63) is 42.7 Å². The molecule has 2 heterocycles. The lowest BCUT2D eigenvalue weighted by molar-refractivity contribution is 0.602. The molecule has 0 bridgehead atoms. The smallest absolute Gasteiger partial charge is 0.181 e. The summed E-state index contributed by atoms with van der Waals surface area (Å²) in [5.41, 5.74) is 3.51. The number of aryl methyl sites for hydroxylation is 1. The van der Waals surface area contributed by atoms with Gasteiger partial charge < -0.3 is 4.42 Å². The van der Waals surface area contributed by atoms with Crippen molar-refractivity contribution in [3.63, 3.8) is 0 Å². The maximum Gasteiger partial charge on any atom is 0.181 e. The van der Waals surface area contributed by atoms with Crippen LogP contribution in [0.25, 0.3) is 22.4 Å². The van der Waals surface area contributed by atoms with Crippen molar-refractivity contribution in [1.29, 1.82) is 0 Å². The van der Waals surface area contributed by atoms with E-state index < -0.39 is 0 Å². The molecule has 0 atom stereocenters. The fourth-order valence-corrected chi connectivity index (χ4v) is 1.99. The molecule has 3 rings (SSSR count). The molecule has 0 aliphatic rings. The van der Waals surface area contributed by atoms with Crippen molar-refractivity contribution < 1.29 is 4.42 Å². The van der Waals surface area contributed by atoms with Crippen LogP contribution in [0.3, 0.4) is 0 Å². The molecule has 0 radical (unpaired) electrons. The van der Waals surface area contributed by atoms with Gasteiger partial charge in [-0.25, -0.2) is 15.0 Å². The first-order valence-electron chi connectivity index (χ1n) is 5.63. The highest BCUT2D eigenvalue weighted by molar-refractivity contribution is 7.80. The van der Waals surface area contributed by atoms with E-state index in [1.165, 1.54) is 6.39 Å². The fourth-order valence-electron chi connectivity index (χ4n) is 1.79. The first kappa shape index (κ1) is 11.2. The molecule has 18 heavy (non-hydrogen) atoms. The van der Waals surface area contributed by atoms with Crippen LogP contribution in [-0.4, -0.2) is 20.7 Å². The van der Waals surface area contributed by atoms with E-state index in [0.717, 1.165) is 40.4 Å². The van der Waals surface area contributed by atoms with Crippen LogP contribution in [0.5, 0.6) is 0 Å². The molecular weight excluding hydrogens is 246 g/mol. The molecule has 0 saturated carbocycles. The van der Waals surface area contributed by atoms with Gasteiger partial charge in [-0.2, -0.15) is 12.6 Å². The van der Waals surface area contributed by atoms with Crippen molar-refractivity contribution in [1.82, 2.24) is 15.0 Å². The van der Waals surface area contributed by atoms with Crippen molar-refractivity contribution >= 4 is 23.7 Å². The lowest BCUT2D eigenvalue weighted by Crippen LogP contribution is -1.97. The Labute approximate surface area is 110 Å². The first-order valence-corrected chi connectivity index (χ1v) is 6.26. The van der Waals surface area contributed by atoms with Gasteiger partial charge >= 0.3 is 0 Å². The van der Waals surface area contributed by atoms with Crippen molar-refractivity contribution in [2.45, 2.75) is 6.42 Å². The molecule has 0 unspecified atom stereocenters. The van der Waals surface area contributed by atoms with Gasteiger partial charge in [0.2, 0.25) is 0 Å². The van der Waals surface area contributed by atoms with E-state index in [4.69, 9.17) is 4.42 Å². The highest BCUT2D eigenvalue weighted by Crippen LogP contribution is 2.22. The zero-order chi connectivity index (χ0) is 12.4. The number of hydrogen-bond acceptors (Lipinski definition) is 5. The number of rotatable bonds is 3. The number of oxazole rings is 1. The van der Waals surface area contributed by atoms with Crippen LogP contribution in [-0.2, 0) is 6.42 Å². The minimum Gasteiger partial charge on any atom is -0.443 e. The summed E-state index contributed by atoms with van der Waals surface area (Å²) >= 11 is 4.19. The van der Waals surface area contributed by atoms with Gasteiger partial charge in [0.15, 0.2) is 12.0 Å². The third-order valence-corrected chi connectivity index (χ3v) is 2.89. The lowest BCUT2D eigenvalue weighted by atomic mass is 10.1. The first-order chi connectivity index (χ1) is 8.86. The van der Waals surface area contributed by atoms with Crippen LogP contribution in [0.1, 0.15) is 5.82 Å². The molecule has 0 saturated heterocycles. The maximum atomic E-state index is 5.29. The summed E-state index contributed by atoms with van der Waals surface area (Å²) < 4.78 is 5.29. The Kier molecular flexibility index (Phi) is 2.98. The van der Waals surface area contributed by atoms with E-state index in [0.29, 0.717) is 0 Å². The summed E-state index contributed by atoms with van der Waals surface area (Å²) in [6.45, 7) is 0. The molecule has 90 valence electrons. The summed E-state index contributed by atoms with van der Waals surface area (Å²) in [6, 6.07) is 7.74. The molecule has 0 aliphatic carbocycles. The van der Waals surface area contributed by atoms with E-state index in [9.17, 15) is 0 Å². The molecule has 0 N–H and O–H groups in total. The summed E-state index contributed by atoms with van der Waals surface area (Å²) in [6.07, 6.45) is 3.98. The number of fused-ring (bicyclic) bond motifs is 1. The van der Waals surface area contributed by atoms with E-state index in [2.05, 4.69) is 27.6 Å². The van der Waals surface area contributed by atoms with E-state index >= 15 is 0 Å². The average Bonchev–Trinajstić information content (AvgIpc) is 2.86. The maximum absolute atomic E-state index is 5.29. The molecule has 1 aromatic carbocycles. The predicted molar refractivity (Wildman–Crippen MR) is 72.6 cm³/mol. The number of thiol groups is 1. The molecular formula is C13H11N3OS. The van der Waals surface area contributed by atoms with Gasteiger partial charge in [0.1, 0.15) is 11.3 Å². The quantitative estimate of drug-likeness (QED) is 0.733. The summed E-state index contributed by atoms with van der Waals surface area (Å²) in [5, 5.41) is 0. The van der Waals surface area contributed by atoms with Gasteiger partial charge in [-0.05, 0) is 24.0 Å². The Balaban J connectivity index is 2.04. The second-order valence-corrected chi connectivity index (χ2v) is 4.31. The Morgan fingerprint density at radius 2 is 2.11 bits per heavy atom. The van der Waals surface area contributed by atoms with Gasteiger partial charge in [-0.15, -0.1) is 0 Å². The zero-order valence-corrected chi connectivity index (χ0v) is 10.5. The van der Waals surface area contributed by atoms with Crippen molar-refractivity contribution in [2.75, 3.05) is 5.75 Å². The minimum atomic E-state index is 0.741. The van der Waals surface area contributed by atoms with Gasteiger partial charge in [0, 0.05) is 18.2 Å². The normalized spacial score (nSPS) is 10.9. The topological polar surface area (TPSA) is 51.8 Å². The summed E-state index contributed by atoms with van der Waals surface area (Å²) in [4.78, 5) is 12.8. The molecule has 0 spiro atoms. The SMILES string of the molecule is SCCc1nccc(-c2ccc3ncoc3c2)n1. The highest BCUT2D eigenvalue weighted by atomic mass is 32.1. The third kappa shape index (κ3) is 2.09. The van der Waals surface area contributed by atoms with Crippen LogP contribution in [0.15, 0.2) is 41.3 Å². The summed E-state index contributed by atoms with van der Waals surface area (Å²) in [7, 11) is 0. The second kappa shape index (κ2) is 4.78. The fraction of sp³-hybridized carbons (Fsp3) is 0.154. The third-order valence-electron chi connectivity index (χ3n) is 2.67. The molecule has 0 fully saturated rings. The Hall–Kier alpha value is -1.88. The summed E-state index contributed by atoms with van der Waals surface area (Å²) in [5.74, 6) is 1.55. The van der Waals surface area contributed by atoms with Crippen LogP contribution >= 0.6 is 12.6 Å². The number of nitrogens with zero attached hydrogens (tertiary/aromatic N) is 3.